The molecular formula is C40H23N6+3. The number of pyridine rings is 3. The molecule has 46 heavy (non-hydrogen) atoms. The first kappa shape index (κ1) is 22.3. The fourth-order valence-electron chi connectivity index (χ4n) is 9.52. The largest absolute Gasteiger partial charge is 0.421 e. The van der Waals surface area contributed by atoms with Crippen LogP contribution in [0.25, 0.3) is 83.0 Å². The summed E-state index contributed by atoms with van der Waals surface area (Å²) in [5, 5.41) is 7.64. The highest BCUT2D eigenvalue weighted by molar-refractivity contribution is 6.21. The van der Waals surface area contributed by atoms with Gasteiger partial charge in [0.2, 0.25) is 5.82 Å². The van der Waals surface area contributed by atoms with Gasteiger partial charge in [0.25, 0.3) is 11.6 Å². The number of nitrogens with zero attached hydrogens (tertiary/aromatic N) is 6. The Morgan fingerprint density at radius 1 is 0.413 bits per heavy atom. The zero-order valence-corrected chi connectivity index (χ0v) is 24.5. The van der Waals surface area contributed by atoms with Gasteiger partial charge >= 0.3 is 11.4 Å². The topological polar surface area (TPSA) is 26.4 Å². The summed E-state index contributed by atoms with van der Waals surface area (Å²) in [6, 6.07) is 47.1. The molecule has 1 unspecified atom stereocenters. The molecule has 6 heteroatoms. The molecule has 10 aromatic rings. The van der Waals surface area contributed by atoms with Gasteiger partial charge in [0.15, 0.2) is 11.1 Å². The van der Waals surface area contributed by atoms with E-state index in [1.807, 2.05) is 0 Å². The molecule has 0 saturated heterocycles. The molecule has 0 amide bonds. The molecule has 210 valence electrons. The zero-order valence-electron chi connectivity index (χ0n) is 24.5. The van der Waals surface area contributed by atoms with Crippen LogP contribution in [0.2, 0.25) is 0 Å². The lowest BCUT2D eigenvalue weighted by Crippen LogP contribution is -2.91. The number of para-hydroxylation sites is 3. The standard InChI is InChI=1S/C40H23N6/c1-6-17-32-24(11-1)27-14-10-22-42-39(27)45(32)35-20-9-19-34-44-31-16-5-3-13-26(31)29-23-28-25-12-2-4-15-30(25)43-33-18-7-8-21-41(33)40(42,46(34)35)36(37(28)43)38(29)44/h1-23H/q+3. The smallest absolute Gasteiger partial charge is 0.224 e. The van der Waals surface area contributed by atoms with Crippen LogP contribution in [0, 0.1) is 0 Å². The van der Waals surface area contributed by atoms with E-state index in [0.717, 1.165) is 17.5 Å². The Morgan fingerprint density at radius 2 is 0.935 bits per heavy atom. The van der Waals surface area contributed by atoms with Crippen LogP contribution in [0.1, 0.15) is 5.56 Å². The van der Waals surface area contributed by atoms with Crippen molar-refractivity contribution in [3.63, 3.8) is 0 Å². The molecular weight excluding hydrogens is 564 g/mol. The predicted molar refractivity (Wildman–Crippen MR) is 178 cm³/mol. The van der Waals surface area contributed by atoms with E-state index in [-0.39, 0.29) is 0 Å². The van der Waals surface area contributed by atoms with Gasteiger partial charge in [-0.15, -0.1) is 4.57 Å². The lowest BCUT2D eigenvalue weighted by atomic mass is 9.93. The van der Waals surface area contributed by atoms with Crippen molar-refractivity contribution in [3.8, 4) is 17.5 Å². The molecule has 9 heterocycles. The summed E-state index contributed by atoms with van der Waals surface area (Å²) in [7, 11) is 0. The van der Waals surface area contributed by atoms with Crippen LogP contribution in [0.4, 0.5) is 0 Å². The minimum absolute atomic E-state index is 0.751. The van der Waals surface area contributed by atoms with Crippen molar-refractivity contribution >= 4 is 65.5 Å². The Bertz CT molecular complexity index is 3090. The molecule has 13 rings (SSSR count). The highest BCUT2D eigenvalue weighted by Crippen LogP contribution is 2.49. The molecule has 3 aliphatic rings. The second-order valence-corrected chi connectivity index (χ2v) is 12.9. The molecule has 1 atom stereocenters. The van der Waals surface area contributed by atoms with E-state index in [0.29, 0.717) is 0 Å². The van der Waals surface area contributed by atoms with Crippen LogP contribution in [0.5, 0.6) is 0 Å². The van der Waals surface area contributed by atoms with Crippen molar-refractivity contribution in [1.82, 2.24) is 13.7 Å². The fraction of sp³-hybridized carbons (Fsp3) is 0.0250. The molecule has 0 fully saturated rings. The third kappa shape index (κ3) is 2.05. The summed E-state index contributed by atoms with van der Waals surface area (Å²) < 4.78 is 15.2. The average molecular weight is 588 g/mol. The van der Waals surface area contributed by atoms with E-state index in [9.17, 15) is 0 Å². The summed E-state index contributed by atoms with van der Waals surface area (Å²) in [5.74, 6) is 2.69. The quantitative estimate of drug-likeness (QED) is 0.180. The van der Waals surface area contributed by atoms with Crippen LogP contribution in [0.3, 0.4) is 0 Å². The highest BCUT2D eigenvalue weighted by atomic mass is 15.5. The SMILES string of the molecule is c1cc[n+]2c(c1)-n1c3ccccc3c3cc4c5ccccc5n5c4c(c31)C21[n+]2c-5cccc2-n2c3ccccc3c3ccc[n+]1c32. The number of hydrogen-bond donors (Lipinski definition) is 0. The molecule has 4 aromatic carbocycles. The Labute approximate surface area is 261 Å². The first-order valence-corrected chi connectivity index (χ1v) is 15.9. The summed E-state index contributed by atoms with van der Waals surface area (Å²) in [4.78, 5) is 0. The molecule has 0 radical (unpaired) electrons. The second kappa shape index (κ2) is 7.00. The van der Waals surface area contributed by atoms with Crippen molar-refractivity contribution in [2.75, 3.05) is 0 Å². The summed E-state index contributed by atoms with van der Waals surface area (Å²) in [5.41, 5.74) is 8.70. The molecule has 0 bridgehead atoms. The van der Waals surface area contributed by atoms with Gasteiger partial charge in [0, 0.05) is 45.1 Å². The highest BCUT2D eigenvalue weighted by Gasteiger charge is 2.66. The first-order chi connectivity index (χ1) is 22.9. The molecule has 6 nitrogen and oxygen atoms in total. The van der Waals surface area contributed by atoms with Crippen LogP contribution < -0.4 is 13.7 Å². The van der Waals surface area contributed by atoms with Crippen molar-refractivity contribution < 1.29 is 13.7 Å². The summed E-state index contributed by atoms with van der Waals surface area (Å²) in [6.07, 6.45) is 4.59. The fourth-order valence-corrected chi connectivity index (χ4v) is 9.52. The Hall–Kier alpha value is -6.27. The van der Waals surface area contributed by atoms with Gasteiger partial charge in [-0.25, -0.2) is 4.57 Å². The minimum Gasteiger partial charge on any atom is -0.224 e. The van der Waals surface area contributed by atoms with E-state index < -0.39 is 5.79 Å². The van der Waals surface area contributed by atoms with Gasteiger partial charge in [-0.1, -0.05) is 48.5 Å². The summed E-state index contributed by atoms with van der Waals surface area (Å²) in [6.45, 7) is 0. The molecule has 6 aromatic heterocycles. The third-order valence-electron chi connectivity index (χ3n) is 11.0. The second-order valence-electron chi connectivity index (χ2n) is 12.9. The first-order valence-electron chi connectivity index (χ1n) is 15.9. The maximum atomic E-state index is 2.60. The molecule has 0 N–H and O–H groups in total. The average Bonchev–Trinajstić information content (AvgIpc) is 3.76. The Kier molecular flexibility index (Phi) is 3.39. The number of hydrogen-bond acceptors (Lipinski definition) is 0. The molecule has 1 spiro atoms. The van der Waals surface area contributed by atoms with Gasteiger partial charge in [-0.3, -0.25) is 0 Å². The lowest BCUT2D eigenvalue weighted by molar-refractivity contribution is -1.15. The van der Waals surface area contributed by atoms with Crippen molar-refractivity contribution in [3.05, 3.63) is 145 Å². The molecule has 0 saturated carbocycles. The molecule has 3 aliphatic heterocycles. The zero-order chi connectivity index (χ0) is 29.5. The maximum Gasteiger partial charge on any atom is 0.421 e. The van der Waals surface area contributed by atoms with Crippen LogP contribution in [0.15, 0.2) is 140 Å². The van der Waals surface area contributed by atoms with Gasteiger partial charge < -0.3 is 0 Å². The van der Waals surface area contributed by atoms with Crippen molar-refractivity contribution in [2.24, 2.45) is 0 Å². The van der Waals surface area contributed by atoms with Gasteiger partial charge in [0.05, 0.1) is 17.8 Å². The third-order valence-corrected chi connectivity index (χ3v) is 11.0. The van der Waals surface area contributed by atoms with E-state index in [1.54, 1.807) is 0 Å². The Balaban J connectivity index is 1.45. The number of aromatic nitrogens is 6. The monoisotopic (exact) mass is 587 g/mol. The van der Waals surface area contributed by atoms with Gasteiger partial charge in [-0.05, 0) is 60.7 Å². The normalized spacial score (nSPS) is 16.8. The lowest BCUT2D eigenvalue weighted by Gasteiger charge is -2.38. The number of fused-ring (bicyclic) bond motifs is 13. The Morgan fingerprint density at radius 3 is 1.65 bits per heavy atom. The summed E-state index contributed by atoms with van der Waals surface area (Å²) >= 11 is 0. The van der Waals surface area contributed by atoms with Crippen molar-refractivity contribution in [1.29, 1.82) is 0 Å². The van der Waals surface area contributed by atoms with Gasteiger partial charge in [0.1, 0.15) is 22.1 Å². The minimum atomic E-state index is -0.751. The number of benzene rings is 4. The van der Waals surface area contributed by atoms with Gasteiger partial charge in [-0.2, -0.15) is 18.3 Å². The van der Waals surface area contributed by atoms with E-state index in [4.69, 9.17) is 0 Å². The van der Waals surface area contributed by atoms with Crippen LogP contribution in [-0.4, -0.2) is 13.7 Å². The number of rotatable bonds is 0. The van der Waals surface area contributed by atoms with Crippen LogP contribution in [-0.2, 0) is 5.79 Å². The van der Waals surface area contributed by atoms with E-state index in [2.05, 4.69) is 167 Å². The van der Waals surface area contributed by atoms with Crippen molar-refractivity contribution in [2.45, 2.75) is 5.79 Å². The molecule has 0 aliphatic carbocycles. The van der Waals surface area contributed by atoms with E-state index in [1.165, 1.54) is 71.1 Å². The maximum absolute atomic E-state index is 2.60. The van der Waals surface area contributed by atoms with E-state index >= 15 is 0 Å². The predicted octanol–water partition coefficient (Wildman–Crippen LogP) is 6.54. The van der Waals surface area contributed by atoms with Crippen LogP contribution >= 0.6 is 0 Å².